The van der Waals surface area contributed by atoms with Crippen LogP contribution in [0.3, 0.4) is 0 Å². The highest BCUT2D eigenvalue weighted by atomic mass is 35.5. The number of carbonyl (C=O) groups excluding carboxylic acids is 5. The van der Waals surface area contributed by atoms with Crippen LogP contribution in [0, 0.1) is 5.92 Å². The molecule has 2 fully saturated rings. The number of carbonyl (C=O) groups is 5. The zero-order valence-electron chi connectivity index (χ0n) is 16.1. The summed E-state index contributed by atoms with van der Waals surface area (Å²) in [5.74, 6) is -5.07. The van der Waals surface area contributed by atoms with Gasteiger partial charge in [-0.15, -0.1) is 0 Å². The highest BCUT2D eigenvalue weighted by Crippen LogP contribution is 2.25. The van der Waals surface area contributed by atoms with Crippen molar-refractivity contribution in [2.75, 3.05) is 9.80 Å². The van der Waals surface area contributed by atoms with E-state index in [-0.39, 0.29) is 10.8 Å². The van der Waals surface area contributed by atoms with Crippen molar-refractivity contribution in [1.82, 2.24) is 10.6 Å². The lowest BCUT2D eigenvalue weighted by molar-refractivity contribution is -0.131. The molecule has 0 unspecified atom stereocenters. The average molecular weight is 469 g/mol. The van der Waals surface area contributed by atoms with Crippen LogP contribution < -0.4 is 20.4 Å². The lowest BCUT2D eigenvalue weighted by atomic mass is 9.98. The van der Waals surface area contributed by atoms with Crippen LogP contribution in [0.1, 0.15) is 0 Å². The molecule has 1 atom stereocenters. The molecule has 2 aromatic rings. The number of halogens is 1. The Bertz CT molecular complexity index is 1210. The Morgan fingerprint density at radius 2 is 1.47 bits per heavy atom. The Morgan fingerprint density at radius 3 is 2.12 bits per heavy atom. The summed E-state index contributed by atoms with van der Waals surface area (Å²) in [6.07, 6.45) is 0.933. The number of nitrogens with one attached hydrogen (secondary N) is 2. The minimum absolute atomic E-state index is 0.127. The Balaban J connectivity index is 1.71. The van der Waals surface area contributed by atoms with Crippen LogP contribution in [0.4, 0.5) is 16.2 Å². The summed E-state index contributed by atoms with van der Waals surface area (Å²) in [4.78, 5) is 65.1. The first kappa shape index (κ1) is 21.3. The summed E-state index contributed by atoms with van der Waals surface area (Å²) in [6, 6.07) is 13.1. The van der Waals surface area contributed by atoms with Crippen LogP contribution in [0.25, 0.3) is 0 Å². The molecule has 2 heterocycles. The van der Waals surface area contributed by atoms with Gasteiger partial charge in [0.05, 0.1) is 11.4 Å². The number of barbiturate groups is 1. The molecule has 2 aliphatic rings. The Hall–Kier alpha value is -3.89. The van der Waals surface area contributed by atoms with Crippen molar-refractivity contribution in [2.45, 2.75) is 0 Å². The number of amides is 6. The van der Waals surface area contributed by atoms with Crippen molar-refractivity contribution in [3.63, 3.8) is 0 Å². The number of anilines is 2. The van der Waals surface area contributed by atoms with Crippen LogP contribution in [-0.2, 0) is 19.2 Å². The quantitative estimate of drug-likeness (QED) is 0.308. The Morgan fingerprint density at radius 1 is 0.844 bits per heavy atom. The molecular formula is C21H13ClN4O5S. The van der Waals surface area contributed by atoms with Gasteiger partial charge in [0.2, 0.25) is 11.8 Å². The highest BCUT2D eigenvalue weighted by Gasteiger charge is 2.42. The van der Waals surface area contributed by atoms with Crippen LogP contribution >= 0.6 is 23.8 Å². The van der Waals surface area contributed by atoms with E-state index >= 15 is 0 Å². The Kier molecular flexibility index (Phi) is 5.56. The van der Waals surface area contributed by atoms with E-state index in [2.05, 4.69) is 5.32 Å². The van der Waals surface area contributed by atoms with E-state index in [1.54, 1.807) is 30.3 Å². The maximum Gasteiger partial charge on any atom is 0.335 e. The van der Waals surface area contributed by atoms with Crippen LogP contribution in [-0.4, -0.2) is 34.8 Å². The zero-order chi connectivity index (χ0) is 23.0. The van der Waals surface area contributed by atoms with Gasteiger partial charge in [-0.25, -0.2) is 9.69 Å². The highest BCUT2D eigenvalue weighted by molar-refractivity contribution is 7.80. The molecule has 2 aromatic carbocycles. The summed E-state index contributed by atoms with van der Waals surface area (Å²) >= 11 is 11.0. The van der Waals surface area contributed by atoms with Gasteiger partial charge in [0.1, 0.15) is 11.5 Å². The van der Waals surface area contributed by atoms with Gasteiger partial charge >= 0.3 is 6.03 Å². The summed E-state index contributed by atoms with van der Waals surface area (Å²) in [5, 5.41) is 4.69. The van der Waals surface area contributed by atoms with Crippen molar-refractivity contribution in [2.24, 2.45) is 5.92 Å². The van der Waals surface area contributed by atoms with Gasteiger partial charge in [0.15, 0.2) is 5.11 Å². The van der Waals surface area contributed by atoms with Gasteiger partial charge in [-0.1, -0.05) is 29.8 Å². The number of urea groups is 1. The van der Waals surface area contributed by atoms with Crippen molar-refractivity contribution in [3.05, 3.63) is 71.3 Å². The molecule has 9 nitrogen and oxygen atoms in total. The fourth-order valence-electron chi connectivity index (χ4n) is 3.23. The van der Waals surface area contributed by atoms with Crippen molar-refractivity contribution in [3.8, 4) is 0 Å². The van der Waals surface area contributed by atoms with Gasteiger partial charge in [-0.2, -0.15) is 0 Å². The van der Waals surface area contributed by atoms with Crippen LogP contribution in [0.15, 0.2) is 66.2 Å². The van der Waals surface area contributed by atoms with E-state index < -0.39 is 41.2 Å². The number of rotatable bonds is 3. The number of hydrogen-bond acceptors (Lipinski definition) is 6. The topological polar surface area (TPSA) is 116 Å². The molecule has 4 rings (SSSR count). The molecule has 0 spiro atoms. The first-order chi connectivity index (χ1) is 15.3. The third-order valence-electron chi connectivity index (χ3n) is 4.74. The number of para-hydroxylation sites is 1. The van der Waals surface area contributed by atoms with E-state index in [1.165, 1.54) is 24.3 Å². The summed E-state index contributed by atoms with van der Waals surface area (Å²) in [7, 11) is 0. The molecule has 160 valence electrons. The van der Waals surface area contributed by atoms with Gasteiger partial charge in [-0.05, 0) is 54.7 Å². The molecular weight excluding hydrogens is 456 g/mol. The predicted molar refractivity (Wildman–Crippen MR) is 119 cm³/mol. The molecule has 2 N–H and O–H groups in total. The largest absolute Gasteiger partial charge is 0.335 e. The van der Waals surface area contributed by atoms with Crippen LogP contribution in [0.5, 0.6) is 0 Å². The summed E-state index contributed by atoms with van der Waals surface area (Å²) < 4.78 is 0. The monoisotopic (exact) mass is 468 g/mol. The SMILES string of the molecule is O=C1NC(=O)N(c2ccc(Cl)cc2)C(=O)/C1=C/[C@@H]1C(=O)NC(=S)N(c2ccccc2)C1=O. The first-order valence-electron chi connectivity index (χ1n) is 9.19. The molecule has 6 amide bonds. The molecule has 0 radical (unpaired) electrons. The maximum absolute atomic E-state index is 13.1. The van der Waals surface area contributed by atoms with E-state index in [9.17, 15) is 24.0 Å². The van der Waals surface area contributed by atoms with Gasteiger partial charge in [0, 0.05) is 5.02 Å². The van der Waals surface area contributed by atoms with Gasteiger partial charge < -0.3 is 5.32 Å². The summed E-state index contributed by atoms with van der Waals surface area (Å²) in [6.45, 7) is 0. The minimum atomic E-state index is -1.52. The maximum atomic E-state index is 13.1. The van der Waals surface area contributed by atoms with E-state index in [0.717, 1.165) is 11.0 Å². The second kappa shape index (κ2) is 8.33. The predicted octanol–water partition coefficient (Wildman–Crippen LogP) is 1.91. The lowest BCUT2D eigenvalue weighted by Gasteiger charge is -2.32. The number of imide groups is 2. The molecule has 0 aromatic heterocycles. The molecule has 32 heavy (non-hydrogen) atoms. The summed E-state index contributed by atoms with van der Waals surface area (Å²) in [5.41, 5.74) is 0.0268. The average Bonchev–Trinajstić information content (AvgIpc) is 2.75. The third-order valence-corrected chi connectivity index (χ3v) is 5.27. The Labute approximate surface area is 191 Å². The van der Waals surface area contributed by atoms with E-state index in [1.807, 2.05) is 5.32 Å². The molecule has 11 heteroatoms. The minimum Gasteiger partial charge on any atom is -0.301 e. The fourth-order valence-corrected chi connectivity index (χ4v) is 3.65. The molecule has 0 bridgehead atoms. The molecule has 2 saturated heterocycles. The number of hydrogen-bond donors (Lipinski definition) is 2. The fraction of sp³-hybridized carbons (Fsp3) is 0.0476. The second-order valence-electron chi connectivity index (χ2n) is 6.74. The van der Waals surface area contributed by atoms with Crippen molar-refractivity contribution in [1.29, 1.82) is 0 Å². The normalized spacial score (nSPS) is 20.5. The molecule has 0 aliphatic carbocycles. The lowest BCUT2D eigenvalue weighted by Crippen LogP contribution is -2.58. The van der Waals surface area contributed by atoms with Gasteiger partial charge in [0.25, 0.3) is 11.8 Å². The van der Waals surface area contributed by atoms with Crippen LogP contribution in [0.2, 0.25) is 5.02 Å². The van der Waals surface area contributed by atoms with Crippen molar-refractivity contribution >= 4 is 70.0 Å². The van der Waals surface area contributed by atoms with Gasteiger partial charge in [-0.3, -0.25) is 29.4 Å². The first-order valence-corrected chi connectivity index (χ1v) is 9.97. The standard InChI is InChI=1S/C21H13ClN4O5S/c22-11-6-8-13(9-7-11)25-18(29)14(16(27)23-20(25)31)10-15-17(28)24-21(32)26(19(15)30)12-4-2-1-3-5-12/h1-10,15H,(H,23,27,31)(H,24,28,32)/b14-10+/t15-/m1/s1. The third kappa shape index (κ3) is 3.77. The number of nitrogens with zero attached hydrogens (tertiary/aromatic N) is 2. The van der Waals surface area contributed by atoms with Crippen molar-refractivity contribution < 1.29 is 24.0 Å². The zero-order valence-corrected chi connectivity index (χ0v) is 17.6. The molecule has 0 saturated carbocycles. The number of thiocarbonyl (C=S) groups is 1. The van der Waals surface area contributed by atoms with E-state index in [4.69, 9.17) is 23.8 Å². The molecule has 2 aliphatic heterocycles. The smallest absolute Gasteiger partial charge is 0.301 e. The number of benzene rings is 2. The second-order valence-corrected chi connectivity index (χ2v) is 7.56. The van der Waals surface area contributed by atoms with E-state index in [0.29, 0.717) is 15.6 Å².